The van der Waals surface area contributed by atoms with Crippen molar-refractivity contribution in [2.45, 2.75) is 38.2 Å². The predicted octanol–water partition coefficient (Wildman–Crippen LogP) is 0.556. The number of rotatable bonds is 8. The smallest absolute Gasteiger partial charge is 0.251 e. The monoisotopic (exact) mass is 237 g/mol. The van der Waals surface area contributed by atoms with Gasteiger partial charge in [-0.1, -0.05) is 0 Å². The molecule has 0 radical (unpaired) electrons. The summed E-state index contributed by atoms with van der Waals surface area (Å²) in [6.07, 6.45) is -0.409. The Morgan fingerprint density at radius 1 is 1.44 bits per heavy atom. The van der Waals surface area contributed by atoms with Crippen LogP contribution in [-0.4, -0.2) is 42.9 Å². The highest BCUT2D eigenvalue weighted by molar-refractivity contribution is 5.83. The Bertz CT molecular complexity index is 222. The largest absolute Gasteiger partial charge is 0.368 e. The van der Waals surface area contributed by atoms with Crippen LogP contribution >= 0.6 is 0 Å². The Balaban J connectivity index is 3.64. The van der Waals surface area contributed by atoms with Crippen molar-refractivity contribution in [1.82, 2.24) is 4.90 Å². The molecule has 0 aromatic rings. The third kappa shape index (κ3) is 6.68. The first-order chi connectivity index (χ1) is 7.25. The van der Waals surface area contributed by atoms with E-state index in [9.17, 15) is 13.6 Å². The number of halogens is 2. The van der Waals surface area contributed by atoms with Gasteiger partial charge < -0.3 is 16.4 Å². The third-order valence-corrected chi connectivity index (χ3v) is 2.50. The Morgan fingerprint density at radius 3 is 2.44 bits per heavy atom. The van der Waals surface area contributed by atoms with E-state index in [0.717, 1.165) is 6.42 Å². The summed E-state index contributed by atoms with van der Waals surface area (Å²) in [6, 6.07) is 0. The minimum absolute atomic E-state index is 0.226. The number of carbonyl (C=O) groups excluding carboxylic acids is 1. The van der Waals surface area contributed by atoms with Crippen LogP contribution in [0, 0.1) is 0 Å². The van der Waals surface area contributed by atoms with Gasteiger partial charge in [0.25, 0.3) is 6.43 Å². The van der Waals surface area contributed by atoms with Crippen LogP contribution in [0.25, 0.3) is 0 Å². The van der Waals surface area contributed by atoms with Crippen molar-refractivity contribution in [2.75, 3.05) is 20.1 Å². The van der Waals surface area contributed by atoms with Crippen LogP contribution in [0.4, 0.5) is 8.78 Å². The first-order valence-corrected chi connectivity index (χ1v) is 5.31. The maximum absolute atomic E-state index is 12.0. The summed E-state index contributed by atoms with van der Waals surface area (Å²) in [4.78, 5) is 12.4. The van der Waals surface area contributed by atoms with E-state index in [0.29, 0.717) is 19.4 Å². The fourth-order valence-corrected chi connectivity index (χ4v) is 1.32. The third-order valence-electron chi connectivity index (χ3n) is 2.50. The molecule has 96 valence electrons. The maximum atomic E-state index is 12.0. The molecule has 0 aliphatic carbocycles. The summed E-state index contributed by atoms with van der Waals surface area (Å²) in [5.41, 5.74) is 9.75. The minimum atomic E-state index is -2.31. The molecule has 1 amide bonds. The molecule has 0 saturated heterocycles. The predicted molar refractivity (Wildman–Crippen MR) is 59.1 cm³/mol. The number of amides is 1. The fraction of sp³-hybridized carbons (Fsp3) is 0.900. The second kappa shape index (κ2) is 6.75. The summed E-state index contributed by atoms with van der Waals surface area (Å²) in [5.74, 6) is -0.534. The van der Waals surface area contributed by atoms with Gasteiger partial charge in [0, 0.05) is 0 Å². The normalized spacial score (nSPS) is 15.4. The number of alkyl halides is 2. The van der Waals surface area contributed by atoms with E-state index in [2.05, 4.69) is 0 Å². The van der Waals surface area contributed by atoms with Gasteiger partial charge in [-0.15, -0.1) is 0 Å². The SMILES string of the molecule is CN(CCCCC(C)(N)C(N)=O)CC(F)F. The van der Waals surface area contributed by atoms with Crippen LogP contribution in [0.15, 0.2) is 0 Å². The Morgan fingerprint density at radius 2 is 2.00 bits per heavy atom. The van der Waals surface area contributed by atoms with E-state index < -0.39 is 17.9 Å². The standard InChI is InChI=1S/C10H21F2N3O/c1-10(14,9(13)16)5-3-4-6-15(2)7-8(11)12/h8H,3-7,14H2,1-2H3,(H2,13,16). The van der Waals surface area contributed by atoms with Gasteiger partial charge in [0.15, 0.2) is 0 Å². The first kappa shape index (κ1) is 15.2. The van der Waals surface area contributed by atoms with Crippen molar-refractivity contribution >= 4 is 5.91 Å². The zero-order valence-corrected chi connectivity index (χ0v) is 9.88. The molecule has 4 N–H and O–H groups in total. The molecule has 0 saturated carbocycles. The zero-order chi connectivity index (χ0) is 12.8. The number of hydrogen-bond donors (Lipinski definition) is 2. The van der Waals surface area contributed by atoms with Crippen LogP contribution in [0.1, 0.15) is 26.2 Å². The van der Waals surface area contributed by atoms with E-state index in [1.165, 1.54) is 0 Å². The lowest BCUT2D eigenvalue weighted by atomic mass is 9.95. The molecule has 0 rings (SSSR count). The van der Waals surface area contributed by atoms with Crippen molar-refractivity contribution in [2.24, 2.45) is 11.5 Å². The molecule has 0 aliphatic heterocycles. The number of nitrogens with zero attached hydrogens (tertiary/aromatic N) is 1. The highest BCUT2D eigenvalue weighted by Crippen LogP contribution is 2.10. The van der Waals surface area contributed by atoms with Gasteiger partial charge in [0.2, 0.25) is 5.91 Å². The van der Waals surface area contributed by atoms with Gasteiger partial charge in [-0.05, 0) is 39.8 Å². The first-order valence-electron chi connectivity index (χ1n) is 5.31. The number of unbranched alkanes of at least 4 members (excludes halogenated alkanes) is 1. The molecule has 6 heteroatoms. The van der Waals surface area contributed by atoms with E-state index in [4.69, 9.17) is 11.5 Å². The van der Waals surface area contributed by atoms with Gasteiger partial charge in [-0.25, -0.2) is 8.78 Å². The Kier molecular flexibility index (Phi) is 6.43. The number of carbonyl (C=O) groups is 1. The lowest BCUT2D eigenvalue weighted by molar-refractivity contribution is -0.122. The van der Waals surface area contributed by atoms with Crippen molar-refractivity contribution < 1.29 is 13.6 Å². The van der Waals surface area contributed by atoms with Crippen molar-refractivity contribution in [3.8, 4) is 0 Å². The molecule has 16 heavy (non-hydrogen) atoms. The second-order valence-corrected chi connectivity index (χ2v) is 4.39. The number of primary amides is 1. The van der Waals surface area contributed by atoms with E-state index in [1.807, 2.05) is 0 Å². The van der Waals surface area contributed by atoms with Gasteiger partial charge in [-0.2, -0.15) is 0 Å². The molecule has 1 unspecified atom stereocenters. The highest BCUT2D eigenvalue weighted by Gasteiger charge is 2.24. The molecule has 0 heterocycles. The molecule has 0 aliphatic rings. The average Bonchev–Trinajstić information content (AvgIpc) is 2.11. The van der Waals surface area contributed by atoms with Crippen LogP contribution in [0.2, 0.25) is 0 Å². The molecule has 0 aromatic heterocycles. The summed E-state index contributed by atoms with van der Waals surface area (Å²) in [6.45, 7) is 1.92. The van der Waals surface area contributed by atoms with Crippen LogP contribution in [-0.2, 0) is 4.79 Å². The fourth-order valence-electron chi connectivity index (χ4n) is 1.32. The summed E-state index contributed by atoms with van der Waals surface area (Å²) < 4.78 is 23.9. The highest BCUT2D eigenvalue weighted by atomic mass is 19.3. The van der Waals surface area contributed by atoms with E-state index >= 15 is 0 Å². The lowest BCUT2D eigenvalue weighted by Gasteiger charge is -2.21. The van der Waals surface area contributed by atoms with Gasteiger partial charge in [0.05, 0.1) is 12.1 Å². The molecule has 1 atom stereocenters. The Labute approximate surface area is 95.0 Å². The molecule has 0 bridgehead atoms. The van der Waals surface area contributed by atoms with Crippen molar-refractivity contribution in [3.05, 3.63) is 0 Å². The summed E-state index contributed by atoms with van der Waals surface area (Å²) >= 11 is 0. The van der Waals surface area contributed by atoms with Crippen LogP contribution < -0.4 is 11.5 Å². The van der Waals surface area contributed by atoms with E-state index in [-0.39, 0.29) is 6.54 Å². The second-order valence-electron chi connectivity index (χ2n) is 4.39. The molecular formula is C10H21F2N3O. The van der Waals surface area contributed by atoms with Crippen molar-refractivity contribution in [3.63, 3.8) is 0 Å². The molecule has 0 spiro atoms. The van der Waals surface area contributed by atoms with E-state index in [1.54, 1.807) is 18.9 Å². The molecular weight excluding hydrogens is 216 g/mol. The minimum Gasteiger partial charge on any atom is -0.368 e. The Hall–Kier alpha value is -0.750. The maximum Gasteiger partial charge on any atom is 0.251 e. The van der Waals surface area contributed by atoms with Crippen molar-refractivity contribution in [1.29, 1.82) is 0 Å². The summed E-state index contributed by atoms with van der Waals surface area (Å²) in [5, 5.41) is 0. The molecule has 0 fully saturated rings. The number of hydrogen-bond acceptors (Lipinski definition) is 3. The van der Waals surface area contributed by atoms with Gasteiger partial charge >= 0.3 is 0 Å². The topological polar surface area (TPSA) is 72.3 Å². The zero-order valence-electron chi connectivity index (χ0n) is 9.88. The summed E-state index contributed by atoms with van der Waals surface area (Å²) in [7, 11) is 1.64. The van der Waals surface area contributed by atoms with Gasteiger partial charge in [0.1, 0.15) is 0 Å². The average molecular weight is 237 g/mol. The number of nitrogens with two attached hydrogens (primary N) is 2. The molecule has 0 aromatic carbocycles. The van der Waals surface area contributed by atoms with Crippen LogP contribution in [0.3, 0.4) is 0 Å². The van der Waals surface area contributed by atoms with Gasteiger partial charge in [-0.3, -0.25) is 4.79 Å². The van der Waals surface area contributed by atoms with Crippen LogP contribution in [0.5, 0.6) is 0 Å². The lowest BCUT2D eigenvalue weighted by Crippen LogP contribution is -2.49. The molecule has 4 nitrogen and oxygen atoms in total. The quantitative estimate of drug-likeness (QED) is 0.606.